The minimum absolute atomic E-state index is 0.0392. The van der Waals surface area contributed by atoms with Gasteiger partial charge in [-0.15, -0.1) is 0 Å². The first-order valence-corrected chi connectivity index (χ1v) is 17.2. The smallest absolute Gasteiger partial charge is 0.338 e. The van der Waals surface area contributed by atoms with Crippen LogP contribution in [0.1, 0.15) is 49.0 Å². The second-order valence-corrected chi connectivity index (χ2v) is 15.0. The third kappa shape index (κ3) is 7.57. The van der Waals surface area contributed by atoms with E-state index in [1.54, 1.807) is 12.1 Å². The highest BCUT2D eigenvalue weighted by Crippen LogP contribution is 2.45. The second kappa shape index (κ2) is 13.1. The Hall–Kier alpha value is -3.42. The molecular weight excluding hydrogens is 625 g/mol. The lowest BCUT2D eigenvalue weighted by atomic mass is 9.86. The molecule has 4 rings (SSSR count). The molecule has 1 atom stereocenters. The van der Waals surface area contributed by atoms with E-state index in [0.29, 0.717) is 5.75 Å². The molecule has 2 aliphatic rings. The van der Waals surface area contributed by atoms with Gasteiger partial charge in [0.15, 0.2) is 19.7 Å². The van der Waals surface area contributed by atoms with Crippen LogP contribution in [0.3, 0.4) is 0 Å². The summed E-state index contributed by atoms with van der Waals surface area (Å²) in [5, 5.41) is 2.60. The van der Waals surface area contributed by atoms with E-state index < -0.39 is 66.4 Å². The van der Waals surface area contributed by atoms with Crippen LogP contribution in [0.2, 0.25) is 5.02 Å². The average Bonchev–Trinajstić information content (AvgIpc) is 2.89. The van der Waals surface area contributed by atoms with Gasteiger partial charge in [0.2, 0.25) is 0 Å². The van der Waals surface area contributed by atoms with Crippen molar-refractivity contribution in [3.05, 3.63) is 86.3 Å². The Morgan fingerprint density at radius 3 is 2.28 bits per heavy atom. The maximum atomic E-state index is 15.3. The average molecular weight is 656 g/mol. The summed E-state index contributed by atoms with van der Waals surface area (Å²) in [7, 11) is -7.90. The summed E-state index contributed by atoms with van der Waals surface area (Å²) in [5.74, 6) is -5.10. The molecule has 2 aromatic rings. The molecule has 14 heteroatoms. The minimum Gasteiger partial charge on any atom is -0.491 e. The van der Waals surface area contributed by atoms with Gasteiger partial charge in [-0.3, -0.25) is 0 Å². The molecule has 10 nitrogen and oxygen atoms in total. The lowest BCUT2D eigenvalue weighted by Gasteiger charge is -2.33. The van der Waals surface area contributed by atoms with Crippen molar-refractivity contribution in [2.75, 3.05) is 30.5 Å². The van der Waals surface area contributed by atoms with Gasteiger partial charge in [0.25, 0.3) is 0 Å². The van der Waals surface area contributed by atoms with Crippen molar-refractivity contribution in [2.45, 2.75) is 39.2 Å². The number of benzene rings is 2. The highest BCUT2D eigenvalue weighted by molar-refractivity contribution is 7.95. The fraction of sp³-hybridized carbons (Fsp3) is 0.379. The highest BCUT2D eigenvalue weighted by atomic mass is 35.5. The number of rotatable bonds is 8. The Bertz CT molecular complexity index is 1680. The largest absolute Gasteiger partial charge is 0.491 e. The van der Waals surface area contributed by atoms with Gasteiger partial charge >= 0.3 is 11.9 Å². The van der Waals surface area contributed by atoms with Gasteiger partial charge < -0.3 is 19.5 Å². The van der Waals surface area contributed by atoms with Crippen LogP contribution in [-0.2, 0) is 33.9 Å². The normalized spacial score (nSPS) is 19.5. The van der Waals surface area contributed by atoms with Crippen molar-refractivity contribution < 1.29 is 45.0 Å². The van der Waals surface area contributed by atoms with E-state index in [2.05, 4.69) is 5.32 Å². The third-order valence-corrected chi connectivity index (χ3v) is 10.6. The summed E-state index contributed by atoms with van der Waals surface area (Å²) in [6.45, 7) is 4.43. The SMILES string of the molecule is CC1=C(C(=O)OCCOC(=O)c2ccc(OC(C)C)cc2)C(c2c(F)cccc2Cl)C2=C(CS(=O)(=O)CCCS2(=O)=O)N1. The van der Waals surface area contributed by atoms with Gasteiger partial charge in [-0.2, -0.15) is 0 Å². The molecule has 43 heavy (non-hydrogen) atoms. The number of esters is 2. The molecule has 0 fully saturated rings. The van der Waals surface area contributed by atoms with Gasteiger partial charge in [-0.1, -0.05) is 17.7 Å². The standard InChI is InChI=1S/C29H31ClFNO9S2/c1-17(2)41-20-10-8-19(9-11-20)28(33)39-12-13-40-29(34)24-18(3)32-23-16-42(35,36)14-5-15-43(37,38)27(23)26(24)25-21(30)6-4-7-22(25)31/h4,6-11,17,26,32H,5,12-16H2,1-3H3. The number of carbonyl (C=O) groups is 2. The molecule has 0 bridgehead atoms. The van der Waals surface area contributed by atoms with Crippen molar-refractivity contribution in [3.8, 4) is 5.75 Å². The number of dihydropyridines is 1. The van der Waals surface area contributed by atoms with Crippen LogP contribution in [-0.4, -0.2) is 65.4 Å². The van der Waals surface area contributed by atoms with Gasteiger partial charge in [0, 0.05) is 22.0 Å². The number of halogens is 2. The first kappa shape index (κ1) is 32.5. The molecule has 0 saturated carbocycles. The molecule has 232 valence electrons. The molecule has 0 aliphatic carbocycles. The summed E-state index contributed by atoms with van der Waals surface area (Å²) in [6, 6.07) is 10.0. The second-order valence-electron chi connectivity index (χ2n) is 10.3. The van der Waals surface area contributed by atoms with Crippen LogP contribution in [0.25, 0.3) is 0 Å². The molecule has 0 saturated heterocycles. The topological polar surface area (TPSA) is 142 Å². The Labute approximate surface area is 254 Å². The summed E-state index contributed by atoms with van der Waals surface area (Å²) in [6.07, 6.45) is -0.205. The lowest BCUT2D eigenvalue weighted by molar-refractivity contribution is -0.140. The fourth-order valence-corrected chi connectivity index (χ4v) is 8.71. The van der Waals surface area contributed by atoms with Gasteiger partial charge in [-0.05, 0) is 63.6 Å². The first-order chi connectivity index (χ1) is 20.2. The van der Waals surface area contributed by atoms with Gasteiger partial charge in [-0.25, -0.2) is 30.8 Å². The Balaban J connectivity index is 1.59. The number of sulfone groups is 2. The molecule has 1 N–H and O–H groups in total. The predicted octanol–water partition coefficient (Wildman–Crippen LogP) is 4.07. The van der Waals surface area contributed by atoms with Gasteiger partial charge in [0.05, 0.1) is 45.3 Å². The van der Waals surface area contributed by atoms with Crippen molar-refractivity contribution in [3.63, 3.8) is 0 Å². The van der Waals surface area contributed by atoms with Crippen molar-refractivity contribution >= 4 is 43.2 Å². The van der Waals surface area contributed by atoms with E-state index in [4.69, 9.17) is 25.8 Å². The van der Waals surface area contributed by atoms with E-state index in [0.717, 1.165) is 6.07 Å². The highest BCUT2D eigenvalue weighted by Gasteiger charge is 2.44. The van der Waals surface area contributed by atoms with E-state index in [9.17, 15) is 26.4 Å². The van der Waals surface area contributed by atoms with Crippen LogP contribution >= 0.6 is 11.6 Å². The zero-order valence-corrected chi connectivity index (χ0v) is 26.1. The summed E-state index contributed by atoms with van der Waals surface area (Å²) >= 11 is 6.35. The number of hydrogen-bond acceptors (Lipinski definition) is 10. The number of carbonyl (C=O) groups excluding carboxylic acids is 2. The maximum absolute atomic E-state index is 15.3. The number of allylic oxidation sites excluding steroid dienone is 2. The Morgan fingerprint density at radius 1 is 1.00 bits per heavy atom. The van der Waals surface area contributed by atoms with E-state index >= 15 is 4.39 Å². The summed E-state index contributed by atoms with van der Waals surface area (Å²) < 4.78 is 83.7. The van der Waals surface area contributed by atoms with Crippen LogP contribution < -0.4 is 10.1 Å². The predicted molar refractivity (Wildman–Crippen MR) is 158 cm³/mol. The number of nitrogens with one attached hydrogen (secondary N) is 1. The first-order valence-electron chi connectivity index (χ1n) is 13.4. The van der Waals surface area contributed by atoms with Crippen LogP contribution in [0.5, 0.6) is 5.75 Å². The molecule has 1 unspecified atom stereocenters. The molecule has 0 amide bonds. The molecular formula is C29H31ClFNO9S2. The van der Waals surface area contributed by atoms with E-state index in [1.165, 1.54) is 31.2 Å². The van der Waals surface area contributed by atoms with Crippen molar-refractivity contribution in [1.82, 2.24) is 5.32 Å². The zero-order chi connectivity index (χ0) is 31.5. The van der Waals surface area contributed by atoms with Crippen LogP contribution in [0.15, 0.2) is 64.3 Å². The van der Waals surface area contributed by atoms with E-state index in [1.807, 2.05) is 13.8 Å². The van der Waals surface area contributed by atoms with E-state index in [-0.39, 0.29) is 58.0 Å². The lowest BCUT2D eigenvalue weighted by Crippen LogP contribution is -2.38. The molecule has 2 heterocycles. The molecule has 2 aromatic carbocycles. The number of ether oxygens (including phenoxy) is 3. The maximum Gasteiger partial charge on any atom is 0.338 e. The minimum atomic E-state index is -4.18. The van der Waals surface area contributed by atoms with Crippen molar-refractivity contribution in [1.29, 1.82) is 0 Å². The van der Waals surface area contributed by atoms with Crippen LogP contribution in [0, 0.1) is 5.82 Å². The molecule has 0 radical (unpaired) electrons. The quantitative estimate of drug-likeness (QED) is 0.327. The Kier molecular flexibility index (Phi) is 9.87. The summed E-state index contributed by atoms with van der Waals surface area (Å²) in [5.41, 5.74) is -0.422. The number of hydrogen-bond donors (Lipinski definition) is 1. The fourth-order valence-electron chi connectivity index (χ4n) is 4.93. The molecule has 2 aliphatic heterocycles. The zero-order valence-electron chi connectivity index (χ0n) is 23.7. The molecule has 0 spiro atoms. The Morgan fingerprint density at radius 2 is 1.65 bits per heavy atom. The summed E-state index contributed by atoms with van der Waals surface area (Å²) in [4.78, 5) is 25.4. The third-order valence-electron chi connectivity index (χ3n) is 6.68. The molecule has 0 aromatic heterocycles. The monoisotopic (exact) mass is 655 g/mol. The van der Waals surface area contributed by atoms with Crippen molar-refractivity contribution in [2.24, 2.45) is 0 Å². The van der Waals surface area contributed by atoms with Gasteiger partial charge in [0.1, 0.15) is 24.8 Å². The van der Waals surface area contributed by atoms with Crippen LogP contribution in [0.4, 0.5) is 4.39 Å².